The number of carbonyl (C=O) groups excluding carboxylic acids is 1. The Morgan fingerprint density at radius 3 is 3.19 bits per heavy atom. The number of thioether (sulfide) groups is 1. The minimum absolute atomic E-state index is 0.0204. The lowest BCUT2D eigenvalue weighted by molar-refractivity contribution is 0.0764. The number of hydrogen-bond acceptors (Lipinski definition) is 4. The molecule has 1 unspecified atom stereocenters. The molecule has 1 fully saturated rings. The van der Waals surface area contributed by atoms with Gasteiger partial charge in [-0.3, -0.25) is 9.78 Å². The molecule has 2 rings (SSSR count). The zero-order valence-electron chi connectivity index (χ0n) is 9.22. The fourth-order valence-electron chi connectivity index (χ4n) is 1.77. The first kappa shape index (κ1) is 11.3. The number of aromatic nitrogens is 1. The first-order valence-corrected chi connectivity index (χ1v) is 6.33. The highest BCUT2D eigenvalue weighted by Crippen LogP contribution is 2.20. The molecule has 2 heterocycles. The second kappa shape index (κ2) is 4.74. The molecule has 1 aromatic heterocycles. The number of hydrogen-bond donors (Lipinski definition) is 1. The second-order valence-corrected chi connectivity index (χ2v) is 5.44. The van der Waals surface area contributed by atoms with E-state index in [1.54, 1.807) is 12.3 Å². The number of carbonyl (C=O) groups is 1. The molecule has 4 nitrogen and oxygen atoms in total. The highest BCUT2D eigenvalue weighted by Gasteiger charge is 2.23. The van der Waals surface area contributed by atoms with Gasteiger partial charge in [0.1, 0.15) is 0 Å². The van der Waals surface area contributed by atoms with Crippen LogP contribution in [-0.4, -0.2) is 39.9 Å². The first-order chi connectivity index (χ1) is 7.68. The van der Waals surface area contributed by atoms with E-state index < -0.39 is 0 Å². The van der Waals surface area contributed by atoms with Crippen LogP contribution in [0, 0.1) is 0 Å². The van der Waals surface area contributed by atoms with Gasteiger partial charge in [-0.05, 0) is 6.07 Å². The molecule has 5 heteroatoms. The fraction of sp³-hybridized carbons (Fsp3) is 0.455. The van der Waals surface area contributed by atoms with Crippen molar-refractivity contribution in [3.8, 4) is 0 Å². The molecule has 1 saturated heterocycles. The van der Waals surface area contributed by atoms with Crippen LogP contribution in [0.5, 0.6) is 0 Å². The predicted octanol–water partition coefficient (Wildman–Crippen LogP) is 1.24. The molecule has 0 bridgehead atoms. The molecule has 0 radical (unpaired) electrons. The summed E-state index contributed by atoms with van der Waals surface area (Å²) in [5, 5.41) is 0.501. The van der Waals surface area contributed by atoms with Crippen LogP contribution < -0.4 is 5.73 Å². The van der Waals surface area contributed by atoms with E-state index in [-0.39, 0.29) is 5.91 Å². The van der Waals surface area contributed by atoms with E-state index in [0.717, 1.165) is 18.8 Å². The van der Waals surface area contributed by atoms with Crippen molar-refractivity contribution in [1.82, 2.24) is 9.88 Å². The van der Waals surface area contributed by atoms with Gasteiger partial charge < -0.3 is 10.6 Å². The summed E-state index contributed by atoms with van der Waals surface area (Å²) in [6, 6.07) is 1.68. The molecule has 16 heavy (non-hydrogen) atoms. The van der Waals surface area contributed by atoms with E-state index >= 15 is 0 Å². The number of rotatable bonds is 1. The summed E-state index contributed by atoms with van der Waals surface area (Å²) >= 11 is 1.90. The normalized spacial score (nSPS) is 20.8. The van der Waals surface area contributed by atoms with Gasteiger partial charge in [0.25, 0.3) is 5.91 Å². The zero-order valence-corrected chi connectivity index (χ0v) is 10.0. The van der Waals surface area contributed by atoms with Crippen LogP contribution in [0.15, 0.2) is 18.5 Å². The van der Waals surface area contributed by atoms with Crippen molar-refractivity contribution >= 4 is 23.4 Å². The molecule has 2 N–H and O–H groups in total. The van der Waals surface area contributed by atoms with Crippen molar-refractivity contribution in [2.24, 2.45) is 0 Å². The lowest BCUT2D eigenvalue weighted by atomic mass is 10.2. The topological polar surface area (TPSA) is 59.2 Å². The van der Waals surface area contributed by atoms with E-state index in [1.165, 1.54) is 6.20 Å². The molecule has 1 aliphatic rings. The van der Waals surface area contributed by atoms with Gasteiger partial charge in [-0.1, -0.05) is 6.92 Å². The van der Waals surface area contributed by atoms with Crippen molar-refractivity contribution in [2.45, 2.75) is 12.2 Å². The largest absolute Gasteiger partial charge is 0.397 e. The van der Waals surface area contributed by atoms with Gasteiger partial charge >= 0.3 is 0 Å². The van der Waals surface area contributed by atoms with Crippen LogP contribution in [0.1, 0.15) is 17.3 Å². The lowest BCUT2D eigenvalue weighted by Gasteiger charge is -2.30. The van der Waals surface area contributed by atoms with Crippen molar-refractivity contribution in [3.05, 3.63) is 24.0 Å². The third-order valence-electron chi connectivity index (χ3n) is 2.61. The van der Waals surface area contributed by atoms with E-state index in [2.05, 4.69) is 11.9 Å². The maximum Gasteiger partial charge on any atom is 0.256 e. The first-order valence-electron chi connectivity index (χ1n) is 5.29. The average Bonchev–Trinajstić information content (AvgIpc) is 2.29. The number of anilines is 1. The lowest BCUT2D eigenvalue weighted by Crippen LogP contribution is -2.41. The molecule has 1 aliphatic heterocycles. The maximum absolute atomic E-state index is 12.2. The monoisotopic (exact) mass is 237 g/mol. The van der Waals surface area contributed by atoms with Crippen LogP contribution in [0.4, 0.5) is 5.69 Å². The summed E-state index contributed by atoms with van der Waals surface area (Å²) in [5.41, 5.74) is 6.77. The van der Waals surface area contributed by atoms with E-state index in [0.29, 0.717) is 16.5 Å². The molecule has 86 valence electrons. The Hall–Kier alpha value is -1.23. The average molecular weight is 237 g/mol. The predicted molar refractivity (Wildman–Crippen MR) is 66.5 cm³/mol. The van der Waals surface area contributed by atoms with Gasteiger partial charge in [0, 0.05) is 30.3 Å². The van der Waals surface area contributed by atoms with Crippen molar-refractivity contribution in [1.29, 1.82) is 0 Å². The van der Waals surface area contributed by atoms with Crippen LogP contribution in [-0.2, 0) is 0 Å². The van der Waals surface area contributed by atoms with Crippen molar-refractivity contribution < 1.29 is 4.79 Å². The molecular weight excluding hydrogens is 222 g/mol. The van der Waals surface area contributed by atoms with Crippen molar-refractivity contribution in [2.75, 3.05) is 24.6 Å². The van der Waals surface area contributed by atoms with Crippen LogP contribution in [0.3, 0.4) is 0 Å². The third-order valence-corrected chi connectivity index (χ3v) is 3.75. The third kappa shape index (κ3) is 2.29. The van der Waals surface area contributed by atoms with E-state index in [9.17, 15) is 4.79 Å². The smallest absolute Gasteiger partial charge is 0.256 e. The molecule has 0 saturated carbocycles. The summed E-state index contributed by atoms with van der Waals surface area (Å²) in [7, 11) is 0. The molecule has 1 atom stereocenters. The quantitative estimate of drug-likeness (QED) is 0.798. The Kier molecular flexibility index (Phi) is 3.33. The zero-order chi connectivity index (χ0) is 11.5. The summed E-state index contributed by atoms with van der Waals surface area (Å²) in [6.45, 7) is 3.74. The van der Waals surface area contributed by atoms with Gasteiger partial charge in [-0.25, -0.2) is 0 Å². The number of nitrogens with two attached hydrogens (primary N) is 1. The summed E-state index contributed by atoms with van der Waals surface area (Å²) in [6.07, 6.45) is 3.13. The summed E-state index contributed by atoms with van der Waals surface area (Å²) < 4.78 is 0. The molecule has 1 amide bonds. The van der Waals surface area contributed by atoms with Crippen LogP contribution in [0.25, 0.3) is 0 Å². The van der Waals surface area contributed by atoms with Gasteiger partial charge in [0.2, 0.25) is 0 Å². The Morgan fingerprint density at radius 1 is 1.69 bits per heavy atom. The number of nitrogens with zero attached hydrogens (tertiary/aromatic N) is 2. The van der Waals surface area contributed by atoms with Gasteiger partial charge in [0.15, 0.2) is 0 Å². The molecule has 0 aliphatic carbocycles. The second-order valence-electron chi connectivity index (χ2n) is 3.90. The molecule has 1 aromatic rings. The Balaban J connectivity index is 2.16. The molecule has 0 aromatic carbocycles. The highest BCUT2D eigenvalue weighted by molar-refractivity contribution is 7.99. The van der Waals surface area contributed by atoms with Gasteiger partial charge in [-0.2, -0.15) is 11.8 Å². The SMILES string of the molecule is CC1CN(C(=O)c2ccncc2N)CCS1. The summed E-state index contributed by atoms with van der Waals surface area (Å²) in [5.74, 6) is 1.02. The maximum atomic E-state index is 12.2. The number of amides is 1. The van der Waals surface area contributed by atoms with E-state index in [4.69, 9.17) is 5.73 Å². The Bertz CT molecular complexity index is 397. The minimum Gasteiger partial charge on any atom is -0.397 e. The Morgan fingerprint density at radius 2 is 2.50 bits per heavy atom. The van der Waals surface area contributed by atoms with Crippen LogP contribution >= 0.6 is 11.8 Å². The number of nitrogen functional groups attached to an aromatic ring is 1. The van der Waals surface area contributed by atoms with Gasteiger partial charge in [-0.15, -0.1) is 0 Å². The number of pyridine rings is 1. The highest BCUT2D eigenvalue weighted by atomic mass is 32.2. The standard InChI is InChI=1S/C11H15N3OS/c1-8-7-14(4-5-16-8)11(15)9-2-3-13-6-10(9)12/h2-3,6,8H,4-5,7,12H2,1H3. The minimum atomic E-state index is 0.0204. The molecular formula is C11H15N3OS. The summed E-state index contributed by atoms with van der Waals surface area (Å²) in [4.78, 5) is 17.9. The van der Waals surface area contributed by atoms with Crippen molar-refractivity contribution in [3.63, 3.8) is 0 Å². The Labute approximate surface area is 99.2 Å². The van der Waals surface area contributed by atoms with E-state index in [1.807, 2.05) is 16.7 Å². The van der Waals surface area contributed by atoms with Crippen LogP contribution in [0.2, 0.25) is 0 Å². The fourth-order valence-corrected chi connectivity index (χ4v) is 2.79. The molecule has 0 spiro atoms. The van der Waals surface area contributed by atoms with Gasteiger partial charge in [0.05, 0.1) is 17.4 Å².